The van der Waals surface area contributed by atoms with Crippen LogP contribution < -0.4 is 14.8 Å². The van der Waals surface area contributed by atoms with E-state index in [9.17, 15) is 0 Å². The van der Waals surface area contributed by atoms with Crippen molar-refractivity contribution in [2.75, 3.05) is 20.8 Å². The molecular weight excluding hydrogens is 230 g/mol. The van der Waals surface area contributed by atoms with E-state index in [4.69, 9.17) is 9.47 Å². The first-order valence-electron chi connectivity index (χ1n) is 6.37. The molecule has 1 aliphatic rings. The number of nitrogens with one attached hydrogen (secondary N) is 1. The van der Waals surface area contributed by atoms with Gasteiger partial charge in [0.2, 0.25) is 11.8 Å². The Bertz CT molecular complexity index is 383. The van der Waals surface area contributed by atoms with Crippen molar-refractivity contribution in [2.45, 2.75) is 32.7 Å². The average molecular weight is 251 g/mol. The summed E-state index contributed by atoms with van der Waals surface area (Å²) in [6, 6.07) is 0. The summed E-state index contributed by atoms with van der Waals surface area (Å²) < 4.78 is 10.5. The van der Waals surface area contributed by atoms with E-state index in [1.807, 2.05) is 0 Å². The molecule has 1 aromatic heterocycles. The van der Waals surface area contributed by atoms with Crippen molar-refractivity contribution in [1.29, 1.82) is 0 Å². The summed E-state index contributed by atoms with van der Waals surface area (Å²) in [5, 5.41) is 3.46. The standard InChI is InChI=1S/C13H21N3O2/c1-4-13(5-6-13)8-14-7-10-11(17-2)15-9-16-12(10)18-3/h9,14H,4-8H2,1-3H3. The molecule has 100 valence electrons. The van der Waals surface area contributed by atoms with E-state index in [-0.39, 0.29) is 0 Å². The Kier molecular flexibility index (Phi) is 4.01. The second-order valence-corrected chi connectivity index (χ2v) is 4.83. The molecule has 0 aromatic carbocycles. The van der Waals surface area contributed by atoms with Gasteiger partial charge in [0.25, 0.3) is 0 Å². The Morgan fingerprint density at radius 2 is 1.83 bits per heavy atom. The monoisotopic (exact) mass is 251 g/mol. The van der Waals surface area contributed by atoms with Gasteiger partial charge in [0.1, 0.15) is 6.33 Å². The third-order valence-corrected chi connectivity index (χ3v) is 3.76. The molecule has 1 saturated carbocycles. The smallest absolute Gasteiger partial charge is 0.224 e. The second-order valence-electron chi connectivity index (χ2n) is 4.83. The fourth-order valence-electron chi connectivity index (χ4n) is 2.17. The lowest BCUT2D eigenvalue weighted by Gasteiger charge is -2.15. The minimum absolute atomic E-state index is 0.524. The molecule has 5 heteroatoms. The van der Waals surface area contributed by atoms with Crippen molar-refractivity contribution in [1.82, 2.24) is 15.3 Å². The van der Waals surface area contributed by atoms with Gasteiger partial charge in [-0.1, -0.05) is 6.92 Å². The number of hydrogen-bond acceptors (Lipinski definition) is 5. The maximum Gasteiger partial charge on any atom is 0.224 e. The maximum absolute atomic E-state index is 5.24. The van der Waals surface area contributed by atoms with E-state index in [2.05, 4.69) is 22.2 Å². The normalized spacial score (nSPS) is 16.4. The van der Waals surface area contributed by atoms with Crippen LogP contribution in [0.25, 0.3) is 0 Å². The van der Waals surface area contributed by atoms with Crippen LogP contribution in [0.4, 0.5) is 0 Å². The highest BCUT2D eigenvalue weighted by molar-refractivity contribution is 5.34. The molecule has 18 heavy (non-hydrogen) atoms. The van der Waals surface area contributed by atoms with Gasteiger partial charge in [-0.25, -0.2) is 9.97 Å². The largest absolute Gasteiger partial charge is 0.481 e. The Morgan fingerprint density at radius 1 is 1.22 bits per heavy atom. The summed E-state index contributed by atoms with van der Waals surface area (Å²) in [6.45, 7) is 3.96. The van der Waals surface area contributed by atoms with Crippen LogP contribution in [-0.2, 0) is 6.54 Å². The number of methoxy groups -OCH3 is 2. The van der Waals surface area contributed by atoms with E-state index < -0.39 is 0 Å². The van der Waals surface area contributed by atoms with Gasteiger partial charge >= 0.3 is 0 Å². The van der Waals surface area contributed by atoms with Gasteiger partial charge in [0.05, 0.1) is 19.8 Å². The Hall–Kier alpha value is -1.36. The van der Waals surface area contributed by atoms with Crippen LogP contribution >= 0.6 is 0 Å². The zero-order chi connectivity index (χ0) is 13.0. The molecule has 0 radical (unpaired) electrons. The quantitative estimate of drug-likeness (QED) is 0.800. The average Bonchev–Trinajstić information content (AvgIpc) is 3.19. The Labute approximate surface area is 108 Å². The molecule has 0 atom stereocenters. The van der Waals surface area contributed by atoms with Crippen molar-refractivity contribution < 1.29 is 9.47 Å². The van der Waals surface area contributed by atoms with Crippen molar-refractivity contribution in [3.63, 3.8) is 0 Å². The first-order chi connectivity index (χ1) is 8.74. The van der Waals surface area contributed by atoms with Gasteiger partial charge < -0.3 is 14.8 Å². The Morgan fingerprint density at radius 3 is 2.28 bits per heavy atom. The molecule has 0 aliphatic heterocycles. The van der Waals surface area contributed by atoms with Gasteiger partial charge in [-0.15, -0.1) is 0 Å². The van der Waals surface area contributed by atoms with Gasteiger partial charge in [-0.05, 0) is 24.7 Å². The summed E-state index contributed by atoms with van der Waals surface area (Å²) in [7, 11) is 3.22. The molecule has 1 heterocycles. The number of ether oxygens (including phenoxy) is 2. The minimum atomic E-state index is 0.524. The van der Waals surface area contributed by atoms with Gasteiger partial charge in [0, 0.05) is 13.1 Å². The van der Waals surface area contributed by atoms with Crippen LogP contribution in [-0.4, -0.2) is 30.7 Å². The van der Waals surface area contributed by atoms with E-state index in [1.54, 1.807) is 14.2 Å². The van der Waals surface area contributed by atoms with Crippen LogP contribution in [0.1, 0.15) is 31.7 Å². The van der Waals surface area contributed by atoms with E-state index in [0.29, 0.717) is 23.7 Å². The molecule has 0 saturated heterocycles. The van der Waals surface area contributed by atoms with E-state index >= 15 is 0 Å². The highest BCUT2D eigenvalue weighted by Crippen LogP contribution is 2.47. The summed E-state index contributed by atoms with van der Waals surface area (Å²) >= 11 is 0. The highest BCUT2D eigenvalue weighted by Gasteiger charge is 2.39. The zero-order valence-corrected chi connectivity index (χ0v) is 11.3. The first-order valence-corrected chi connectivity index (χ1v) is 6.37. The Balaban J connectivity index is 1.99. The summed E-state index contributed by atoms with van der Waals surface area (Å²) in [6.07, 6.45) is 5.35. The summed E-state index contributed by atoms with van der Waals surface area (Å²) in [5.41, 5.74) is 1.41. The van der Waals surface area contributed by atoms with Crippen LogP contribution in [0.2, 0.25) is 0 Å². The minimum Gasteiger partial charge on any atom is -0.481 e. The fourth-order valence-corrected chi connectivity index (χ4v) is 2.17. The molecule has 2 rings (SSSR count). The molecule has 1 aromatic rings. The molecule has 1 aliphatic carbocycles. The molecule has 0 unspecified atom stereocenters. The van der Waals surface area contributed by atoms with Crippen molar-refractivity contribution in [2.24, 2.45) is 5.41 Å². The molecule has 5 nitrogen and oxygen atoms in total. The number of aromatic nitrogens is 2. The topological polar surface area (TPSA) is 56.3 Å². The van der Waals surface area contributed by atoms with Crippen LogP contribution in [0.5, 0.6) is 11.8 Å². The van der Waals surface area contributed by atoms with E-state index in [0.717, 1.165) is 12.1 Å². The number of nitrogens with zero attached hydrogens (tertiary/aromatic N) is 2. The van der Waals surface area contributed by atoms with E-state index in [1.165, 1.54) is 25.6 Å². The maximum atomic E-state index is 5.24. The van der Waals surface area contributed by atoms with Crippen LogP contribution in [0, 0.1) is 5.41 Å². The second kappa shape index (κ2) is 5.52. The van der Waals surface area contributed by atoms with Crippen LogP contribution in [0.3, 0.4) is 0 Å². The molecule has 1 fully saturated rings. The third-order valence-electron chi connectivity index (χ3n) is 3.76. The lowest BCUT2D eigenvalue weighted by atomic mass is 10.0. The zero-order valence-electron chi connectivity index (χ0n) is 11.3. The van der Waals surface area contributed by atoms with Crippen molar-refractivity contribution in [3.8, 4) is 11.8 Å². The van der Waals surface area contributed by atoms with Gasteiger partial charge in [-0.3, -0.25) is 0 Å². The first kappa shape index (κ1) is 13.1. The molecule has 1 N–H and O–H groups in total. The molecule has 0 bridgehead atoms. The lowest BCUT2D eigenvalue weighted by molar-refractivity contribution is 0.355. The predicted molar refractivity (Wildman–Crippen MR) is 68.8 cm³/mol. The van der Waals surface area contributed by atoms with Gasteiger partial charge in [0.15, 0.2) is 0 Å². The highest BCUT2D eigenvalue weighted by atomic mass is 16.5. The SMILES string of the molecule is CCC1(CNCc2c(OC)ncnc2OC)CC1. The van der Waals surface area contributed by atoms with Crippen molar-refractivity contribution >= 4 is 0 Å². The molecule has 0 spiro atoms. The molecule has 0 amide bonds. The molecular formula is C13H21N3O2. The number of hydrogen-bond donors (Lipinski definition) is 1. The van der Waals surface area contributed by atoms with Gasteiger partial charge in [-0.2, -0.15) is 0 Å². The third kappa shape index (κ3) is 2.72. The number of rotatable bonds is 7. The summed E-state index contributed by atoms with van der Waals surface area (Å²) in [4.78, 5) is 8.21. The van der Waals surface area contributed by atoms with Crippen molar-refractivity contribution in [3.05, 3.63) is 11.9 Å². The fraction of sp³-hybridized carbons (Fsp3) is 0.692. The summed E-state index contributed by atoms with van der Waals surface area (Å²) in [5.74, 6) is 1.16. The lowest BCUT2D eigenvalue weighted by Crippen LogP contribution is -2.24. The predicted octanol–water partition coefficient (Wildman–Crippen LogP) is 1.77. The van der Waals surface area contributed by atoms with Crippen LogP contribution in [0.15, 0.2) is 6.33 Å².